The van der Waals surface area contributed by atoms with Crippen LogP contribution in [0.15, 0.2) is 22.5 Å². The first-order valence-electron chi connectivity index (χ1n) is 5.18. The van der Waals surface area contributed by atoms with Crippen LogP contribution in [0.25, 0.3) is 10.2 Å². The van der Waals surface area contributed by atoms with Gasteiger partial charge in [0.25, 0.3) is 0 Å². The number of aromatic nitrogens is 1. The fourth-order valence-electron chi connectivity index (χ4n) is 1.38. The van der Waals surface area contributed by atoms with E-state index in [2.05, 4.69) is 24.1 Å². The monoisotopic (exact) mass is 283 g/mol. The molecule has 1 heterocycles. The highest BCUT2D eigenvalue weighted by atomic mass is 32.2. The number of anilines is 1. The van der Waals surface area contributed by atoms with Gasteiger partial charge in [-0.2, -0.15) is 0 Å². The number of nitrogens with one attached hydrogen (secondary N) is 1. The lowest BCUT2D eigenvalue weighted by Crippen LogP contribution is -2.18. The first kappa shape index (κ1) is 12.6. The Labute approximate surface area is 114 Å². The molecule has 0 saturated carbocycles. The summed E-state index contributed by atoms with van der Waals surface area (Å²) in [6.07, 6.45) is 0. The van der Waals surface area contributed by atoms with Gasteiger partial charge in [0.2, 0.25) is 0 Å². The molecule has 0 spiro atoms. The van der Waals surface area contributed by atoms with Crippen molar-refractivity contribution in [1.82, 2.24) is 4.98 Å². The van der Waals surface area contributed by atoms with E-state index in [0.717, 1.165) is 20.2 Å². The van der Waals surface area contributed by atoms with Crippen LogP contribution in [0.2, 0.25) is 0 Å². The highest BCUT2D eigenvalue weighted by molar-refractivity contribution is 8.01. The van der Waals surface area contributed by atoms with Crippen LogP contribution in [0.4, 0.5) is 5.69 Å². The summed E-state index contributed by atoms with van der Waals surface area (Å²) in [7, 11) is 0. The van der Waals surface area contributed by atoms with Gasteiger partial charge in [-0.1, -0.05) is 25.6 Å². The predicted molar refractivity (Wildman–Crippen MR) is 81.0 cm³/mol. The van der Waals surface area contributed by atoms with Crippen molar-refractivity contribution in [1.29, 1.82) is 0 Å². The number of hydrogen-bond donors (Lipinski definition) is 2. The molecule has 0 aliphatic heterocycles. The lowest BCUT2D eigenvalue weighted by atomic mass is 10.3. The quantitative estimate of drug-likeness (QED) is 0.667. The van der Waals surface area contributed by atoms with Crippen molar-refractivity contribution in [3.8, 4) is 0 Å². The molecule has 0 bridgehead atoms. The van der Waals surface area contributed by atoms with Gasteiger partial charge in [0.15, 0.2) is 9.45 Å². The standard InChI is InChI=1S/C11H13N3S3/c1-6(2)16-11-14-8-4-3-7(13-10(12)15)5-9(8)17-11/h3-6H,1-2H3,(H3,12,13,15). The molecule has 17 heavy (non-hydrogen) atoms. The highest BCUT2D eigenvalue weighted by Gasteiger charge is 2.07. The molecule has 0 unspecified atom stereocenters. The molecule has 0 aliphatic carbocycles. The van der Waals surface area contributed by atoms with Gasteiger partial charge in [-0.3, -0.25) is 0 Å². The highest BCUT2D eigenvalue weighted by Crippen LogP contribution is 2.33. The third kappa shape index (κ3) is 3.31. The van der Waals surface area contributed by atoms with Crippen LogP contribution < -0.4 is 11.1 Å². The minimum Gasteiger partial charge on any atom is -0.376 e. The van der Waals surface area contributed by atoms with Gasteiger partial charge < -0.3 is 11.1 Å². The first-order chi connectivity index (χ1) is 8.04. The van der Waals surface area contributed by atoms with Crippen LogP contribution in [0, 0.1) is 0 Å². The SMILES string of the molecule is CC(C)Sc1nc2ccc(NC(N)=S)cc2s1. The van der Waals surface area contributed by atoms with Crippen molar-refractivity contribution >= 4 is 56.3 Å². The van der Waals surface area contributed by atoms with Gasteiger partial charge in [0.05, 0.1) is 10.2 Å². The Bertz CT molecular complexity index is 548. The van der Waals surface area contributed by atoms with E-state index in [4.69, 9.17) is 18.0 Å². The molecule has 2 rings (SSSR count). The van der Waals surface area contributed by atoms with Crippen LogP contribution in [-0.2, 0) is 0 Å². The molecular weight excluding hydrogens is 270 g/mol. The van der Waals surface area contributed by atoms with Gasteiger partial charge in [0.1, 0.15) is 0 Å². The number of thiocarbonyl (C=S) groups is 1. The minimum absolute atomic E-state index is 0.283. The van der Waals surface area contributed by atoms with Crippen molar-refractivity contribution in [2.45, 2.75) is 23.4 Å². The topological polar surface area (TPSA) is 50.9 Å². The maximum atomic E-state index is 5.44. The fourth-order valence-corrected chi connectivity index (χ4v) is 3.82. The fraction of sp³-hybridized carbons (Fsp3) is 0.273. The summed E-state index contributed by atoms with van der Waals surface area (Å²) in [6.45, 7) is 4.33. The Morgan fingerprint density at radius 2 is 2.29 bits per heavy atom. The van der Waals surface area contributed by atoms with E-state index in [1.54, 1.807) is 23.1 Å². The van der Waals surface area contributed by atoms with Gasteiger partial charge in [-0.25, -0.2) is 4.98 Å². The molecular formula is C11H13N3S3. The van der Waals surface area contributed by atoms with E-state index < -0.39 is 0 Å². The summed E-state index contributed by atoms with van der Waals surface area (Å²) < 4.78 is 2.25. The first-order valence-corrected chi connectivity index (χ1v) is 7.29. The number of rotatable bonds is 3. The summed E-state index contributed by atoms with van der Waals surface area (Å²) >= 11 is 8.29. The zero-order valence-corrected chi connectivity index (χ0v) is 12.0. The number of nitrogens with two attached hydrogens (primary N) is 1. The lowest BCUT2D eigenvalue weighted by molar-refractivity contribution is 1.10. The smallest absolute Gasteiger partial charge is 0.168 e. The van der Waals surface area contributed by atoms with E-state index in [9.17, 15) is 0 Å². The minimum atomic E-state index is 0.283. The Morgan fingerprint density at radius 1 is 1.53 bits per heavy atom. The second kappa shape index (κ2) is 5.20. The predicted octanol–water partition coefficient (Wildman–Crippen LogP) is 3.45. The molecule has 6 heteroatoms. The van der Waals surface area contributed by atoms with Crippen molar-refractivity contribution in [3.63, 3.8) is 0 Å². The maximum Gasteiger partial charge on any atom is 0.168 e. The van der Waals surface area contributed by atoms with E-state index in [1.165, 1.54) is 0 Å². The van der Waals surface area contributed by atoms with Crippen LogP contribution in [0.1, 0.15) is 13.8 Å². The third-order valence-electron chi connectivity index (χ3n) is 1.97. The van der Waals surface area contributed by atoms with E-state index in [1.807, 2.05) is 18.2 Å². The Hall–Kier alpha value is -0.850. The molecule has 1 aromatic carbocycles. The molecule has 0 saturated heterocycles. The molecule has 0 radical (unpaired) electrons. The third-order valence-corrected chi connectivity index (χ3v) is 4.19. The average molecular weight is 283 g/mol. The molecule has 3 N–H and O–H groups in total. The van der Waals surface area contributed by atoms with Crippen molar-refractivity contribution < 1.29 is 0 Å². The van der Waals surface area contributed by atoms with Gasteiger partial charge in [0, 0.05) is 10.9 Å². The lowest BCUT2D eigenvalue weighted by Gasteiger charge is -2.01. The van der Waals surface area contributed by atoms with Crippen molar-refractivity contribution in [2.24, 2.45) is 5.73 Å². The van der Waals surface area contributed by atoms with Gasteiger partial charge >= 0.3 is 0 Å². The molecule has 0 atom stereocenters. The molecule has 0 aliphatic rings. The molecule has 90 valence electrons. The zero-order valence-electron chi connectivity index (χ0n) is 9.56. The Morgan fingerprint density at radius 3 is 2.94 bits per heavy atom. The second-order valence-electron chi connectivity index (χ2n) is 3.82. The van der Waals surface area contributed by atoms with Crippen LogP contribution in [0.5, 0.6) is 0 Å². The van der Waals surface area contributed by atoms with Crippen LogP contribution >= 0.6 is 35.3 Å². The number of thiazole rings is 1. The largest absolute Gasteiger partial charge is 0.376 e. The number of nitrogens with zero attached hydrogens (tertiary/aromatic N) is 1. The average Bonchev–Trinajstić information content (AvgIpc) is 2.56. The number of benzene rings is 1. The summed E-state index contributed by atoms with van der Waals surface area (Å²) in [5, 5.41) is 3.76. The van der Waals surface area contributed by atoms with E-state index >= 15 is 0 Å². The van der Waals surface area contributed by atoms with Crippen molar-refractivity contribution in [2.75, 3.05) is 5.32 Å². The second-order valence-corrected chi connectivity index (χ2v) is 7.11. The van der Waals surface area contributed by atoms with Crippen LogP contribution in [-0.4, -0.2) is 15.3 Å². The van der Waals surface area contributed by atoms with Crippen molar-refractivity contribution in [3.05, 3.63) is 18.2 Å². The molecule has 0 fully saturated rings. The number of thioether (sulfide) groups is 1. The molecule has 1 aromatic heterocycles. The van der Waals surface area contributed by atoms with Gasteiger partial charge in [-0.05, 0) is 30.4 Å². The Balaban J connectivity index is 2.30. The normalized spacial score (nSPS) is 11.0. The summed E-state index contributed by atoms with van der Waals surface area (Å²) in [5.41, 5.74) is 7.38. The maximum absolute atomic E-state index is 5.44. The summed E-state index contributed by atoms with van der Waals surface area (Å²) in [5.74, 6) is 0. The van der Waals surface area contributed by atoms with Crippen LogP contribution in [0.3, 0.4) is 0 Å². The zero-order chi connectivity index (χ0) is 12.4. The number of hydrogen-bond acceptors (Lipinski definition) is 4. The summed E-state index contributed by atoms with van der Waals surface area (Å²) in [4.78, 5) is 4.56. The molecule has 0 amide bonds. The Kier molecular flexibility index (Phi) is 3.86. The van der Waals surface area contributed by atoms with E-state index in [-0.39, 0.29) is 5.11 Å². The van der Waals surface area contributed by atoms with Gasteiger partial charge in [-0.15, -0.1) is 11.3 Å². The number of fused-ring (bicyclic) bond motifs is 1. The van der Waals surface area contributed by atoms with E-state index in [0.29, 0.717) is 5.25 Å². The molecule has 3 nitrogen and oxygen atoms in total. The molecule has 2 aromatic rings. The summed E-state index contributed by atoms with van der Waals surface area (Å²) in [6, 6.07) is 5.94.